The molecule has 11 nitrogen and oxygen atoms in total. The number of aromatic nitrogens is 5. The van der Waals surface area contributed by atoms with Crippen LogP contribution in [0.4, 0.5) is 25.1 Å². The highest BCUT2D eigenvalue weighted by Gasteiger charge is 2.25. The summed E-state index contributed by atoms with van der Waals surface area (Å²) in [6.45, 7) is 6.55. The van der Waals surface area contributed by atoms with E-state index in [-0.39, 0.29) is 29.9 Å². The lowest BCUT2D eigenvalue weighted by Gasteiger charge is -2.30. The molecule has 0 aliphatic carbocycles. The van der Waals surface area contributed by atoms with Crippen molar-refractivity contribution < 1.29 is 27.9 Å². The van der Waals surface area contributed by atoms with Crippen molar-refractivity contribution in [2.24, 2.45) is 0 Å². The van der Waals surface area contributed by atoms with E-state index >= 15 is 0 Å². The molecular formula is C24H29F2N7O4. The first-order chi connectivity index (χ1) is 17.8. The summed E-state index contributed by atoms with van der Waals surface area (Å²) in [5, 5.41) is 8.35. The lowest BCUT2D eigenvalue weighted by molar-refractivity contribution is -0.151. The Labute approximate surface area is 212 Å². The smallest absolute Gasteiger partial charge is 0.474 e. The standard InChI is InChI=1S/C24H29F2N7O4/c1-15(2)35-24(34)37-33-8-5-18(6-9-33)36-23-16(3)22(28-13-29-23)31-21-11-19(25)17(10-20(21)26)4-7-32-14-27-12-30-32/h10-15,18H,4-9H2,1-3H3,(H,28,29,31). The number of hydrogen-bond donors (Lipinski definition) is 1. The second kappa shape index (κ2) is 11.9. The summed E-state index contributed by atoms with van der Waals surface area (Å²) in [7, 11) is 0. The topological polar surface area (TPSA) is 117 Å². The Kier molecular flexibility index (Phi) is 8.43. The SMILES string of the molecule is Cc1c(Nc2cc(F)c(CCn3cncn3)cc2F)ncnc1OC1CCN(OC(=O)OC(C)C)CC1. The minimum absolute atomic E-state index is 0.0477. The number of hydroxylamine groups is 2. The molecule has 198 valence electrons. The third kappa shape index (κ3) is 7.09. The Morgan fingerprint density at radius 1 is 1.16 bits per heavy atom. The molecule has 1 aromatic carbocycles. The van der Waals surface area contributed by atoms with Gasteiger partial charge in [-0.3, -0.25) is 4.68 Å². The first-order valence-corrected chi connectivity index (χ1v) is 12.0. The fraction of sp³-hybridized carbons (Fsp3) is 0.458. The summed E-state index contributed by atoms with van der Waals surface area (Å²) in [5.41, 5.74) is 0.736. The molecule has 1 aliphatic rings. The second-order valence-electron chi connectivity index (χ2n) is 8.86. The zero-order valence-electron chi connectivity index (χ0n) is 20.9. The van der Waals surface area contributed by atoms with Crippen molar-refractivity contribution in [2.75, 3.05) is 18.4 Å². The monoisotopic (exact) mass is 517 g/mol. The molecule has 1 saturated heterocycles. The summed E-state index contributed by atoms with van der Waals surface area (Å²) in [5.74, 6) is -0.519. The Morgan fingerprint density at radius 2 is 1.95 bits per heavy atom. The number of rotatable bonds is 9. The highest BCUT2D eigenvalue weighted by atomic mass is 19.1. The van der Waals surface area contributed by atoms with E-state index in [4.69, 9.17) is 14.3 Å². The largest absolute Gasteiger partial charge is 0.528 e. The van der Waals surface area contributed by atoms with E-state index in [0.29, 0.717) is 49.7 Å². The van der Waals surface area contributed by atoms with Crippen molar-refractivity contribution in [3.05, 3.63) is 53.9 Å². The van der Waals surface area contributed by atoms with E-state index in [0.717, 1.165) is 12.1 Å². The third-order valence-corrected chi connectivity index (χ3v) is 5.72. The van der Waals surface area contributed by atoms with E-state index in [1.807, 2.05) is 0 Å². The molecule has 3 heterocycles. The second-order valence-corrected chi connectivity index (χ2v) is 8.86. The van der Waals surface area contributed by atoms with Crippen LogP contribution < -0.4 is 10.1 Å². The van der Waals surface area contributed by atoms with E-state index < -0.39 is 17.8 Å². The molecule has 3 aromatic rings. The van der Waals surface area contributed by atoms with Crippen molar-refractivity contribution >= 4 is 17.7 Å². The molecular weight excluding hydrogens is 488 g/mol. The van der Waals surface area contributed by atoms with Crippen molar-refractivity contribution in [1.29, 1.82) is 0 Å². The predicted octanol–water partition coefficient (Wildman–Crippen LogP) is 3.96. The van der Waals surface area contributed by atoms with Crippen LogP contribution in [-0.4, -0.2) is 61.2 Å². The molecule has 0 radical (unpaired) electrons. The number of benzene rings is 1. The van der Waals surface area contributed by atoms with Gasteiger partial charge in [0.15, 0.2) is 0 Å². The number of piperidine rings is 1. The Bertz CT molecular complexity index is 1200. The van der Waals surface area contributed by atoms with Gasteiger partial charge in [0.1, 0.15) is 42.5 Å². The van der Waals surface area contributed by atoms with Gasteiger partial charge in [0.25, 0.3) is 0 Å². The summed E-state index contributed by atoms with van der Waals surface area (Å²) < 4.78 is 42.1. The number of anilines is 2. The van der Waals surface area contributed by atoms with Gasteiger partial charge in [-0.25, -0.2) is 28.5 Å². The number of carbonyl (C=O) groups is 1. The zero-order chi connectivity index (χ0) is 26.4. The number of nitrogens with zero attached hydrogens (tertiary/aromatic N) is 6. The summed E-state index contributed by atoms with van der Waals surface area (Å²) >= 11 is 0. The Morgan fingerprint density at radius 3 is 2.65 bits per heavy atom. The van der Waals surface area contributed by atoms with Gasteiger partial charge in [-0.05, 0) is 38.8 Å². The molecule has 1 N–H and O–H groups in total. The highest BCUT2D eigenvalue weighted by molar-refractivity contribution is 5.62. The first-order valence-electron chi connectivity index (χ1n) is 12.0. The van der Waals surface area contributed by atoms with Crippen LogP contribution in [0.15, 0.2) is 31.1 Å². The van der Waals surface area contributed by atoms with Crippen molar-refractivity contribution in [2.45, 2.75) is 58.8 Å². The Hall–Kier alpha value is -3.87. The molecule has 0 saturated carbocycles. The van der Waals surface area contributed by atoms with Gasteiger partial charge in [0, 0.05) is 38.5 Å². The summed E-state index contributed by atoms with van der Waals surface area (Å²) in [6, 6.07) is 2.27. The van der Waals surface area contributed by atoms with Gasteiger partial charge in [-0.15, -0.1) is 5.06 Å². The minimum Gasteiger partial charge on any atom is -0.474 e. The van der Waals surface area contributed by atoms with E-state index in [2.05, 4.69) is 25.4 Å². The number of hydrogen-bond acceptors (Lipinski definition) is 10. The molecule has 0 atom stereocenters. The van der Waals surface area contributed by atoms with E-state index in [9.17, 15) is 13.6 Å². The van der Waals surface area contributed by atoms with Crippen LogP contribution in [0.5, 0.6) is 5.88 Å². The number of nitrogens with one attached hydrogen (secondary N) is 1. The zero-order valence-corrected chi connectivity index (χ0v) is 20.9. The Balaban J connectivity index is 1.35. The number of aryl methyl sites for hydroxylation is 2. The molecule has 0 bridgehead atoms. The van der Waals surface area contributed by atoms with Gasteiger partial charge < -0.3 is 19.6 Å². The third-order valence-electron chi connectivity index (χ3n) is 5.72. The lowest BCUT2D eigenvalue weighted by atomic mass is 10.1. The average molecular weight is 518 g/mol. The molecule has 0 spiro atoms. The molecule has 1 fully saturated rings. The number of halogens is 2. The maximum Gasteiger partial charge on any atom is 0.528 e. The summed E-state index contributed by atoms with van der Waals surface area (Å²) in [6.07, 6.45) is 4.49. The molecule has 1 aliphatic heterocycles. The fourth-order valence-electron chi connectivity index (χ4n) is 3.78. The number of ether oxygens (including phenoxy) is 2. The van der Waals surface area contributed by atoms with Crippen LogP contribution in [0, 0.1) is 18.6 Å². The minimum atomic E-state index is -0.733. The molecule has 37 heavy (non-hydrogen) atoms. The normalized spacial score (nSPS) is 14.5. The molecule has 0 unspecified atom stereocenters. The predicted molar refractivity (Wildman–Crippen MR) is 128 cm³/mol. The fourth-order valence-corrected chi connectivity index (χ4v) is 3.78. The van der Waals surface area contributed by atoms with Crippen molar-refractivity contribution in [3.8, 4) is 5.88 Å². The van der Waals surface area contributed by atoms with Crippen LogP contribution in [0.3, 0.4) is 0 Å². The van der Waals surface area contributed by atoms with Crippen molar-refractivity contribution in [1.82, 2.24) is 29.8 Å². The lowest BCUT2D eigenvalue weighted by Crippen LogP contribution is -2.40. The maximum atomic E-state index is 14.8. The van der Waals surface area contributed by atoms with E-state index in [1.165, 1.54) is 24.0 Å². The molecule has 0 amide bonds. The average Bonchev–Trinajstić information content (AvgIpc) is 3.37. The van der Waals surface area contributed by atoms with Crippen LogP contribution in [0.1, 0.15) is 37.8 Å². The quantitative estimate of drug-likeness (QED) is 0.418. The van der Waals surface area contributed by atoms with Gasteiger partial charge in [0.2, 0.25) is 5.88 Å². The number of carbonyl (C=O) groups excluding carboxylic acids is 1. The van der Waals surface area contributed by atoms with Gasteiger partial charge in [-0.1, -0.05) is 0 Å². The highest BCUT2D eigenvalue weighted by Crippen LogP contribution is 2.29. The van der Waals surface area contributed by atoms with Crippen molar-refractivity contribution in [3.63, 3.8) is 0 Å². The summed E-state index contributed by atoms with van der Waals surface area (Å²) in [4.78, 5) is 29.1. The molecule has 2 aromatic heterocycles. The van der Waals surface area contributed by atoms with Gasteiger partial charge >= 0.3 is 6.16 Å². The first kappa shape index (κ1) is 26.2. The van der Waals surface area contributed by atoms with Crippen LogP contribution >= 0.6 is 0 Å². The van der Waals surface area contributed by atoms with Crippen LogP contribution in [0.2, 0.25) is 0 Å². The molecule has 4 rings (SSSR count). The van der Waals surface area contributed by atoms with Crippen LogP contribution in [-0.2, 0) is 22.5 Å². The van der Waals surface area contributed by atoms with Gasteiger partial charge in [0.05, 0.1) is 17.4 Å². The van der Waals surface area contributed by atoms with Gasteiger partial charge in [-0.2, -0.15) is 5.10 Å². The van der Waals surface area contributed by atoms with Crippen LogP contribution in [0.25, 0.3) is 0 Å². The maximum absolute atomic E-state index is 14.8. The van der Waals surface area contributed by atoms with E-state index in [1.54, 1.807) is 25.5 Å². The molecule has 13 heteroatoms.